The Kier molecular flexibility index (Phi) is 3.50. The normalized spacial score (nSPS) is 14.6. The molecule has 0 spiro atoms. The summed E-state index contributed by atoms with van der Waals surface area (Å²) in [5.74, 6) is 0.0862. The Balaban J connectivity index is 2.13. The smallest absolute Gasteiger partial charge is 0.244 e. The zero-order chi connectivity index (χ0) is 13.3. The molecule has 1 fully saturated rings. The van der Waals surface area contributed by atoms with Gasteiger partial charge >= 0.3 is 0 Å². The molecule has 0 N–H and O–H groups in total. The molecule has 1 saturated carbocycles. The van der Waals surface area contributed by atoms with Gasteiger partial charge in [-0.05, 0) is 33.6 Å². The third-order valence-corrected chi connectivity index (χ3v) is 3.49. The fraction of sp³-hybridized carbons (Fsp3) is 0.615. The Morgan fingerprint density at radius 1 is 1.50 bits per heavy atom. The molecule has 0 radical (unpaired) electrons. The molecule has 1 amide bonds. The first-order chi connectivity index (χ1) is 8.58. The van der Waals surface area contributed by atoms with E-state index in [0.29, 0.717) is 17.3 Å². The van der Waals surface area contributed by atoms with E-state index in [1.165, 1.54) is 0 Å². The van der Waals surface area contributed by atoms with Crippen LogP contribution in [0.3, 0.4) is 0 Å². The molecule has 18 heavy (non-hydrogen) atoms. The van der Waals surface area contributed by atoms with E-state index in [-0.39, 0.29) is 12.5 Å². The predicted octanol–water partition coefficient (Wildman–Crippen LogP) is 1.32. The lowest BCUT2D eigenvalue weighted by atomic mass is 10.2. The summed E-state index contributed by atoms with van der Waals surface area (Å²) in [6.07, 6.45) is 3.02. The second-order valence-corrected chi connectivity index (χ2v) is 4.77. The maximum absolute atomic E-state index is 12.2. The molecule has 0 atom stereocenters. The highest BCUT2D eigenvalue weighted by molar-refractivity contribution is 5.79. The van der Waals surface area contributed by atoms with Crippen LogP contribution in [-0.4, -0.2) is 39.5 Å². The Labute approximate surface area is 107 Å². The van der Waals surface area contributed by atoms with E-state index in [1.54, 1.807) is 11.6 Å². The number of aryl methyl sites for hydroxylation is 1. The minimum Gasteiger partial charge on any atom is -0.338 e. The fourth-order valence-corrected chi connectivity index (χ4v) is 2.28. The minimum atomic E-state index is 0.0862. The maximum atomic E-state index is 12.2. The molecule has 1 aliphatic rings. The molecule has 0 bridgehead atoms. The van der Waals surface area contributed by atoms with Crippen molar-refractivity contribution in [2.45, 2.75) is 46.2 Å². The number of amides is 1. The van der Waals surface area contributed by atoms with E-state index in [9.17, 15) is 9.59 Å². The first-order valence-electron chi connectivity index (χ1n) is 6.37. The molecule has 98 valence electrons. The van der Waals surface area contributed by atoms with Gasteiger partial charge in [-0.15, -0.1) is 0 Å². The predicted molar refractivity (Wildman–Crippen MR) is 67.5 cm³/mol. The van der Waals surface area contributed by atoms with Gasteiger partial charge in [0.1, 0.15) is 6.54 Å². The summed E-state index contributed by atoms with van der Waals surface area (Å²) in [4.78, 5) is 25.0. The third kappa shape index (κ3) is 2.30. The summed E-state index contributed by atoms with van der Waals surface area (Å²) < 4.78 is 1.63. The number of rotatable bonds is 5. The summed E-state index contributed by atoms with van der Waals surface area (Å²) in [7, 11) is 0. The van der Waals surface area contributed by atoms with Gasteiger partial charge in [0.15, 0.2) is 6.29 Å². The first-order valence-corrected chi connectivity index (χ1v) is 6.37. The SMILES string of the molecule is CCN(C(=O)Cn1nc(C)c(C=O)c1C)C1CC1. The molecule has 0 unspecified atom stereocenters. The topological polar surface area (TPSA) is 55.2 Å². The van der Waals surface area contributed by atoms with Crippen molar-refractivity contribution < 1.29 is 9.59 Å². The number of aldehydes is 1. The molecular formula is C13H19N3O2. The van der Waals surface area contributed by atoms with Gasteiger partial charge in [-0.1, -0.05) is 0 Å². The highest BCUT2D eigenvalue weighted by Crippen LogP contribution is 2.26. The third-order valence-electron chi connectivity index (χ3n) is 3.49. The lowest BCUT2D eigenvalue weighted by Crippen LogP contribution is -2.35. The summed E-state index contributed by atoms with van der Waals surface area (Å²) in [6.45, 7) is 6.57. The number of hydrogen-bond donors (Lipinski definition) is 0. The monoisotopic (exact) mass is 249 g/mol. The van der Waals surface area contributed by atoms with E-state index in [4.69, 9.17) is 0 Å². The van der Waals surface area contributed by atoms with Crippen LogP contribution in [0.25, 0.3) is 0 Å². The van der Waals surface area contributed by atoms with E-state index in [2.05, 4.69) is 5.10 Å². The number of hydrogen-bond acceptors (Lipinski definition) is 3. The van der Waals surface area contributed by atoms with Crippen LogP contribution < -0.4 is 0 Å². The highest BCUT2D eigenvalue weighted by atomic mass is 16.2. The van der Waals surface area contributed by atoms with Crippen LogP contribution in [0.2, 0.25) is 0 Å². The highest BCUT2D eigenvalue weighted by Gasteiger charge is 2.31. The van der Waals surface area contributed by atoms with Crippen molar-refractivity contribution in [2.24, 2.45) is 0 Å². The summed E-state index contributed by atoms with van der Waals surface area (Å²) in [5, 5.41) is 4.26. The number of aromatic nitrogens is 2. The van der Waals surface area contributed by atoms with Gasteiger partial charge in [0, 0.05) is 18.3 Å². The average Bonchev–Trinajstić information content (AvgIpc) is 3.10. The molecule has 2 rings (SSSR count). The lowest BCUT2D eigenvalue weighted by Gasteiger charge is -2.20. The Morgan fingerprint density at radius 2 is 2.17 bits per heavy atom. The summed E-state index contributed by atoms with van der Waals surface area (Å²) in [5.41, 5.74) is 2.05. The van der Waals surface area contributed by atoms with E-state index in [1.807, 2.05) is 18.7 Å². The van der Waals surface area contributed by atoms with Crippen molar-refractivity contribution in [3.8, 4) is 0 Å². The molecule has 5 heteroatoms. The van der Waals surface area contributed by atoms with Crippen molar-refractivity contribution in [1.82, 2.24) is 14.7 Å². The average molecular weight is 249 g/mol. The van der Waals surface area contributed by atoms with Crippen LogP contribution >= 0.6 is 0 Å². The molecule has 0 saturated heterocycles. The zero-order valence-corrected chi connectivity index (χ0v) is 11.1. The number of likely N-dealkylation sites (N-methyl/N-ethyl adjacent to an activating group) is 1. The van der Waals surface area contributed by atoms with Crippen LogP contribution in [0.15, 0.2) is 0 Å². The first kappa shape index (κ1) is 12.8. The van der Waals surface area contributed by atoms with Crippen molar-refractivity contribution in [3.63, 3.8) is 0 Å². The van der Waals surface area contributed by atoms with Crippen molar-refractivity contribution in [1.29, 1.82) is 0 Å². The van der Waals surface area contributed by atoms with Crippen LogP contribution in [0.5, 0.6) is 0 Å². The molecule has 1 aliphatic carbocycles. The van der Waals surface area contributed by atoms with E-state index in [0.717, 1.165) is 31.4 Å². The molecule has 0 aliphatic heterocycles. The van der Waals surface area contributed by atoms with Gasteiger partial charge in [0.05, 0.1) is 11.3 Å². The largest absolute Gasteiger partial charge is 0.338 e. The number of nitrogens with zero attached hydrogens (tertiary/aromatic N) is 3. The molecular weight excluding hydrogens is 230 g/mol. The standard InChI is InChI=1S/C13H19N3O2/c1-4-15(11-5-6-11)13(18)7-16-10(3)12(8-17)9(2)14-16/h8,11H,4-7H2,1-3H3. The van der Waals surface area contributed by atoms with Crippen LogP contribution in [0.4, 0.5) is 0 Å². The lowest BCUT2D eigenvalue weighted by molar-refractivity contribution is -0.132. The van der Waals surface area contributed by atoms with Gasteiger partial charge in [-0.3, -0.25) is 14.3 Å². The second-order valence-electron chi connectivity index (χ2n) is 4.77. The van der Waals surface area contributed by atoms with E-state index < -0.39 is 0 Å². The second kappa shape index (κ2) is 4.92. The minimum absolute atomic E-state index is 0.0862. The van der Waals surface area contributed by atoms with Gasteiger partial charge in [-0.2, -0.15) is 5.10 Å². The van der Waals surface area contributed by atoms with Crippen LogP contribution in [0, 0.1) is 13.8 Å². The molecule has 1 aromatic heterocycles. The molecule has 0 aromatic carbocycles. The van der Waals surface area contributed by atoms with Crippen molar-refractivity contribution >= 4 is 12.2 Å². The molecule has 1 aromatic rings. The van der Waals surface area contributed by atoms with Crippen molar-refractivity contribution in [3.05, 3.63) is 17.0 Å². The van der Waals surface area contributed by atoms with Gasteiger partial charge in [0.2, 0.25) is 5.91 Å². The molecule has 5 nitrogen and oxygen atoms in total. The Bertz CT molecular complexity index is 475. The van der Waals surface area contributed by atoms with Crippen molar-refractivity contribution in [2.75, 3.05) is 6.54 Å². The quantitative estimate of drug-likeness (QED) is 0.740. The molecule has 1 heterocycles. The Hall–Kier alpha value is -1.65. The van der Waals surface area contributed by atoms with Gasteiger partial charge < -0.3 is 4.90 Å². The maximum Gasteiger partial charge on any atom is 0.244 e. The summed E-state index contributed by atoms with van der Waals surface area (Å²) >= 11 is 0. The number of carbonyl (C=O) groups excluding carboxylic acids is 2. The summed E-state index contributed by atoms with van der Waals surface area (Å²) in [6, 6.07) is 0.421. The fourth-order valence-electron chi connectivity index (χ4n) is 2.28. The Morgan fingerprint density at radius 3 is 2.61 bits per heavy atom. The number of carbonyl (C=O) groups is 2. The van der Waals surface area contributed by atoms with Gasteiger partial charge in [-0.25, -0.2) is 0 Å². The van der Waals surface area contributed by atoms with Gasteiger partial charge in [0.25, 0.3) is 0 Å². The van der Waals surface area contributed by atoms with Crippen LogP contribution in [0.1, 0.15) is 41.5 Å². The van der Waals surface area contributed by atoms with E-state index >= 15 is 0 Å². The van der Waals surface area contributed by atoms with Crippen LogP contribution in [-0.2, 0) is 11.3 Å². The zero-order valence-electron chi connectivity index (χ0n) is 11.1.